The Balaban J connectivity index is 2.66. The second-order valence-electron chi connectivity index (χ2n) is 4.58. The van der Waals surface area contributed by atoms with Gasteiger partial charge in [-0.25, -0.2) is 0 Å². The number of carboxylic acid groups (broad SMARTS) is 1. The monoisotopic (exact) mass is 214 g/mol. The first-order valence-corrected chi connectivity index (χ1v) is 5.70. The Kier molecular flexibility index (Phi) is 4.54. The zero-order valence-electron chi connectivity index (χ0n) is 9.94. The Morgan fingerprint density at radius 1 is 1.40 bits per heavy atom. The van der Waals surface area contributed by atoms with Crippen LogP contribution in [0, 0.1) is 5.92 Å². The third-order valence-electron chi connectivity index (χ3n) is 3.15. The van der Waals surface area contributed by atoms with Crippen LogP contribution >= 0.6 is 0 Å². The minimum atomic E-state index is -0.669. The molecule has 4 heteroatoms. The molecule has 1 N–H and O–H groups in total. The van der Waals surface area contributed by atoms with Gasteiger partial charge in [-0.3, -0.25) is 4.79 Å². The van der Waals surface area contributed by atoms with Crippen molar-refractivity contribution in [3.8, 4) is 0 Å². The van der Waals surface area contributed by atoms with Crippen LogP contribution in [0.5, 0.6) is 0 Å². The molecule has 0 bridgehead atoms. The number of hydrogen-bond donors (Lipinski definition) is 1. The zero-order valence-corrected chi connectivity index (χ0v) is 9.94. The van der Waals surface area contributed by atoms with Crippen LogP contribution in [0.15, 0.2) is 0 Å². The molecular formula is C11H22N2O2. The Morgan fingerprint density at radius 3 is 2.60 bits per heavy atom. The second kappa shape index (κ2) is 5.47. The van der Waals surface area contributed by atoms with Crippen molar-refractivity contribution >= 4 is 5.97 Å². The molecule has 0 aromatic carbocycles. The highest BCUT2D eigenvalue weighted by Gasteiger charge is 2.28. The van der Waals surface area contributed by atoms with Crippen LogP contribution in [0.3, 0.4) is 0 Å². The molecule has 2 unspecified atom stereocenters. The summed E-state index contributed by atoms with van der Waals surface area (Å²) in [5, 5.41) is 9.10. The van der Waals surface area contributed by atoms with Crippen LogP contribution < -0.4 is 0 Å². The lowest BCUT2D eigenvalue weighted by atomic mass is 10.1. The largest absolute Gasteiger partial charge is 0.481 e. The summed E-state index contributed by atoms with van der Waals surface area (Å²) in [4.78, 5) is 15.5. The first-order valence-electron chi connectivity index (χ1n) is 5.70. The molecule has 2 atom stereocenters. The second-order valence-corrected chi connectivity index (χ2v) is 4.58. The first kappa shape index (κ1) is 12.5. The van der Waals surface area contributed by atoms with Gasteiger partial charge in [0.2, 0.25) is 0 Å². The summed E-state index contributed by atoms with van der Waals surface area (Å²) in [7, 11) is 2.01. The summed E-state index contributed by atoms with van der Waals surface area (Å²) in [6, 6.07) is 0.445. The lowest BCUT2D eigenvalue weighted by Gasteiger charge is -2.25. The summed E-state index contributed by atoms with van der Waals surface area (Å²) in [5.41, 5.74) is 0. The van der Waals surface area contributed by atoms with Crippen molar-refractivity contribution in [1.82, 2.24) is 9.80 Å². The van der Waals surface area contributed by atoms with E-state index < -0.39 is 5.97 Å². The van der Waals surface area contributed by atoms with Crippen molar-refractivity contribution in [1.29, 1.82) is 0 Å². The molecule has 0 aromatic rings. The van der Waals surface area contributed by atoms with Crippen molar-refractivity contribution in [3.63, 3.8) is 0 Å². The van der Waals surface area contributed by atoms with Gasteiger partial charge in [0.05, 0.1) is 5.92 Å². The number of aliphatic carboxylic acids is 1. The average Bonchev–Trinajstić information content (AvgIpc) is 2.28. The fraction of sp³-hybridized carbons (Fsp3) is 0.909. The van der Waals surface area contributed by atoms with E-state index in [0.29, 0.717) is 19.1 Å². The highest BCUT2D eigenvalue weighted by molar-refractivity contribution is 5.70. The van der Waals surface area contributed by atoms with Gasteiger partial charge in [0.15, 0.2) is 0 Å². The molecule has 0 spiro atoms. The molecular weight excluding hydrogens is 192 g/mol. The maximum Gasteiger partial charge on any atom is 0.309 e. The Labute approximate surface area is 91.9 Å². The van der Waals surface area contributed by atoms with Crippen LogP contribution in [-0.4, -0.2) is 60.1 Å². The Hall–Kier alpha value is -0.610. The molecule has 0 saturated carbocycles. The maximum atomic E-state index is 11.1. The molecule has 1 rings (SSSR count). The maximum absolute atomic E-state index is 11.1. The number of rotatable bonds is 3. The van der Waals surface area contributed by atoms with E-state index in [1.165, 1.54) is 0 Å². The number of nitrogens with zero attached hydrogens (tertiary/aromatic N) is 2. The molecule has 1 aliphatic heterocycles. The van der Waals surface area contributed by atoms with Gasteiger partial charge in [0.25, 0.3) is 0 Å². The van der Waals surface area contributed by atoms with Crippen LogP contribution in [0.2, 0.25) is 0 Å². The average molecular weight is 214 g/mol. The normalized spacial score (nSPS) is 30.1. The van der Waals surface area contributed by atoms with Crippen LogP contribution in [0.1, 0.15) is 20.3 Å². The Morgan fingerprint density at radius 2 is 2.07 bits per heavy atom. The van der Waals surface area contributed by atoms with Gasteiger partial charge in [-0.1, -0.05) is 6.92 Å². The van der Waals surface area contributed by atoms with E-state index in [-0.39, 0.29) is 5.92 Å². The van der Waals surface area contributed by atoms with E-state index >= 15 is 0 Å². The smallest absolute Gasteiger partial charge is 0.309 e. The van der Waals surface area contributed by atoms with Gasteiger partial charge in [0, 0.05) is 25.7 Å². The van der Waals surface area contributed by atoms with Gasteiger partial charge in [-0.2, -0.15) is 0 Å². The SMILES string of the molecule is CCCN1CC(C(=O)O)CN(C)C(C)C1. The van der Waals surface area contributed by atoms with E-state index in [4.69, 9.17) is 5.11 Å². The van der Waals surface area contributed by atoms with Gasteiger partial charge < -0.3 is 14.9 Å². The predicted molar refractivity (Wildman–Crippen MR) is 59.9 cm³/mol. The van der Waals surface area contributed by atoms with E-state index in [0.717, 1.165) is 19.5 Å². The fourth-order valence-corrected chi connectivity index (χ4v) is 2.14. The quantitative estimate of drug-likeness (QED) is 0.752. The summed E-state index contributed by atoms with van der Waals surface area (Å²) in [5.74, 6) is -0.913. The lowest BCUT2D eigenvalue weighted by Crippen LogP contribution is -2.36. The van der Waals surface area contributed by atoms with Crippen molar-refractivity contribution in [3.05, 3.63) is 0 Å². The molecule has 15 heavy (non-hydrogen) atoms. The van der Waals surface area contributed by atoms with Gasteiger partial charge >= 0.3 is 5.97 Å². The lowest BCUT2D eigenvalue weighted by molar-refractivity contribution is -0.142. The zero-order chi connectivity index (χ0) is 11.4. The third-order valence-corrected chi connectivity index (χ3v) is 3.15. The minimum absolute atomic E-state index is 0.244. The molecule has 0 radical (unpaired) electrons. The van der Waals surface area contributed by atoms with Gasteiger partial charge in [-0.05, 0) is 26.9 Å². The number of carboxylic acids is 1. The fourth-order valence-electron chi connectivity index (χ4n) is 2.14. The van der Waals surface area contributed by atoms with Crippen molar-refractivity contribution < 1.29 is 9.90 Å². The van der Waals surface area contributed by atoms with Crippen LogP contribution in [0.25, 0.3) is 0 Å². The predicted octanol–water partition coefficient (Wildman–Crippen LogP) is 0.733. The summed E-state index contributed by atoms with van der Waals surface area (Å²) >= 11 is 0. The molecule has 88 valence electrons. The summed E-state index contributed by atoms with van der Waals surface area (Å²) in [6.45, 7) is 7.63. The number of carbonyl (C=O) groups is 1. The van der Waals surface area contributed by atoms with Crippen molar-refractivity contribution in [2.75, 3.05) is 33.2 Å². The van der Waals surface area contributed by atoms with Gasteiger partial charge in [0.1, 0.15) is 0 Å². The molecule has 1 aliphatic rings. The highest BCUT2D eigenvalue weighted by atomic mass is 16.4. The molecule has 1 fully saturated rings. The topological polar surface area (TPSA) is 43.8 Å². The van der Waals surface area contributed by atoms with E-state index in [1.807, 2.05) is 7.05 Å². The van der Waals surface area contributed by atoms with E-state index in [2.05, 4.69) is 23.6 Å². The van der Waals surface area contributed by atoms with Crippen molar-refractivity contribution in [2.24, 2.45) is 5.92 Å². The summed E-state index contributed by atoms with van der Waals surface area (Å²) in [6.07, 6.45) is 1.09. The standard InChI is InChI=1S/C11H22N2O2/c1-4-5-13-6-9(2)12(3)7-10(8-13)11(14)15/h9-10H,4-8H2,1-3H3,(H,14,15). The molecule has 1 heterocycles. The molecule has 4 nitrogen and oxygen atoms in total. The van der Waals surface area contributed by atoms with E-state index in [1.54, 1.807) is 0 Å². The molecule has 0 aromatic heterocycles. The van der Waals surface area contributed by atoms with Gasteiger partial charge in [-0.15, -0.1) is 0 Å². The van der Waals surface area contributed by atoms with E-state index in [9.17, 15) is 4.79 Å². The summed E-state index contributed by atoms with van der Waals surface area (Å²) < 4.78 is 0. The van der Waals surface area contributed by atoms with Crippen LogP contribution in [0.4, 0.5) is 0 Å². The number of likely N-dealkylation sites (N-methyl/N-ethyl adjacent to an activating group) is 1. The highest BCUT2D eigenvalue weighted by Crippen LogP contribution is 2.13. The Bertz CT molecular complexity index is 221. The van der Waals surface area contributed by atoms with Crippen molar-refractivity contribution in [2.45, 2.75) is 26.3 Å². The minimum Gasteiger partial charge on any atom is -0.481 e. The van der Waals surface area contributed by atoms with Crippen LogP contribution in [-0.2, 0) is 4.79 Å². The molecule has 0 amide bonds. The third kappa shape index (κ3) is 3.47. The molecule has 1 saturated heterocycles. The molecule has 0 aliphatic carbocycles. The number of hydrogen-bond acceptors (Lipinski definition) is 3. The first-order chi connectivity index (χ1) is 7.04.